The number of hydrogen-bond donors (Lipinski definition) is 0. The molecule has 0 rings (SSSR count). The van der Waals surface area contributed by atoms with Crippen LogP contribution in [0.1, 0.15) is 20.8 Å². The maximum atomic E-state index is 11.6. The van der Waals surface area contributed by atoms with Crippen LogP contribution in [0.5, 0.6) is 0 Å². The van der Waals surface area contributed by atoms with Gasteiger partial charge < -0.3 is 4.74 Å². The highest BCUT2D eigenvalue weighted by Crippen LogP contribution is 2.09. The highest BCUT2D eigenvalue weighted by Gasteiger charge is 2.26. The molecule has 0 radical (unpaired) electrons. The fraction of sp³-hybridized carbons (Fsp3) is 0.875. The molecular formula is C8H16BrNO4S. The van der Waals surface area contributed by atoms with Crippen LogP contribution in [0.15, 0.2) is 0 Å². The third kappa shape index (κ3) is 4.94. The van der Waals surface area contributed by atoms with Crippen molar-refractivity contribution in [2.45, 2.75) is 26.8 Å². The summed E-state index contributed by atoms with van der Waals surface area (Å²) in [6.07, 6.45) is 0. The van der Waals surface area contributed by atoms with Gasteiger partial charge in [0.05, 0.1) is 6.61 Å². The Morgan fingerprint density at radius 2 is 2.00 bits per heavy atom. The molecule has 0 unspecified atom stereocenters. The summed E-state index contributed by atoms with van der Waals surface area (Å²) in [6, 6.07) is -0.267. The number of rotatable bonds is 6. The first-order valence-corrected chi connectivity index (χ1v) is 7.29. The lowest BCUT2D eigenvalue weighted by Gasteiger charge is -2.23. The summed E-state index contributed by atoms with van der Waals surface area (Å²) in [5.74, 6) is -0.532. The summed E-state index contributed by atoms with van der Waals surface area (Å²) in [6.45, 7) is 5.11. The van der Waals surface area contributed by atoms with Crippen molar-refractivity contribution in [1.82, 2.24) is 4.31 Å². The van der Waals surface area contributed by atoms with Gasteiger partial charge in [0.1, 0.15) is 11.2 Å². The summed E-state index contributed by atoms with van der Waals surface area (Å²) in [7, 11) is -3.42. The van der Waals surface area contributed by atoms with Crippen molar-refractivity contribution in [2.75, 3.05) is 17.8 Å². The molecule has 0 aromatic rings. The molecule has 0 spiro atoms. The minimum Gasteiger partial charge on any atom is -0.465 e. The van der Waals surface area contributed by atoms with E-state index in [-0.39, 0.29) is 23.9 Å². The summed E-state index contributed by atoms with van der Waals surface area (Å²) >= 11 is 2.89. The van der Waals surface area contributed by atoms with Crippen molar-refractivity contribution in [3.8, 4) is 0 Å². The summed E-state index contributed by atoms with van der Waals surface area (Å²) in [5.41, 5.74) is 0. The third-order valence-corrected chi connectivity index (χ3v) is 4.94. The minimum atomic E-state index is -3.42. The second kappa shape index (κ2) is 6.44. The van der Waals surface area contributed by atoms with Crippen molar-refractivity contribution < 1.29 is 17.9 Å². The zero-order chi connectivity index (χ0) is 12.1. The van der Waals surface area contributed by atoms with Gasteiger partial charge in [-0.25, -0.2) is 8.42 Å². The van der Waals surface area contributed by atoms with Crippen molar-refractivity contribution in [3.05, 3.63) is 0 Å². The molecular weight excluding hydrogens is 286 g/mol. The van der Waals surface area contributed by atoms with Crippen molar-refractivity contribution >= 4 is 31.9 Å². The van der Waals surface area contributed by atoms with Gasteiger partial charge in [-0.1, -0.05) is 15.9 Å². The second-order valence-electron chi connectivity index (χ2n) is 3.16. The van der Waals surface area contributed by atoms with Gasteiger partial charge >= 0.3 is 5.97 Å². The normalized spacial score (nSPS) is 12.1. The van der Waals surface area contributed by atoms with Gasteiger partial charge in [-0.15, -0.1) is 0 Å². The Hall–Kier alpha value is -0.140. The van der Waals surface area contributed by atoms with Crippen LogP contribution >= 0.6 is 15.9 Å². The number of sulfonamides is 1. The van der Waals surface area contributed by atoms with E-state index in [2.05, 4.69) is 15.9 Å². The van der Waals surface area contributed by atoms with E-state index in [1.54, 1.807) is 20.8 Å². The van der Waals surface area contributed by atoms with Crippen LogP contribution in [-0.2, 0) is 19.6 Å². The molecule has 0 aliphatic carbocycles. The highest BCUT2D eigenvalue weighted by atomic mass is 79.9. The molecule has 0 aliphatic heterocycles. The van der Waals surface area contributed by atoms with Crippen molar-refractivity contribution in [1.29, 1.82) is 0 Å². The van der Waals surface area contributed by atoms with Crippen molar-refractivity contribution in [2.24, 2.45) is 0 Å². The fourth-order valence-electron chi connectivity index (χ4n) is 0.999. The predicted molar refractivity (Wildman–Crippen MR) is 61.2 cm³/mol. The molecule has 7 heteroatoms. The van der Waals surface area contributed by atoms with Crippen LogP contribution in [0.25, 0.3) is 0 Å². The van der Waals surface area contributed by atoms with Crippen LogP contribution in [0.4, 0.5) is 0 Å². The zero-order valence-electron chi connectivity index (χ0n) is 9.07. The molecule has 0 fully saturated rings. The molecule has 0 amide bonds. The summed E-state index contributed by atoms with van der Waals surface area (Å²) in [5, 5.41) is 0. The molecule has 0 aromatic heterocycles. The molecule has 0 aliphatic rings. The van der Waals surface area contributed by atoms with Crippen molar-refractivity contribution in [3.63, 3.8) is 0 Å². The third-order valence-electron chi connectivity index (χ3n) is 1.66. The zero-order valence-corrected chi connectivity index (χ0v) is 11.5. The van der Waals surface area contributed by atoms with Gasteiger partial charge in [0.15, 0.2) is 0 Å². The first-order valence-electron chi connectivity index (χ1n) is 4.56. The first kappa shape index (κ1) is 14.9. The van der Waals surface area contributed by atoms with Crippen LogP contribution in [-0.4, -0.2) is 42.5 Å². The van der Waals surface area contributed by atoms with E-state index >= 15 is 0 Å². The van der Waals surface area contributed by atoms with Crippen LogP contribution in [0.2, 0.25) is 0 Å². The number of nitrogens with zero attached hydrogens (tertiary/aromatic N) is 1. The molecule has 0 N–H and O–H groups in total. The van der Waals surface area contributed by atoms with Gasteiger partial charge in [0.25, 0.3) is 0 Å². The van der Waals surface area contributed by atoms with Gasteiger partial charge in [0.2, 0.25) is 10.0 Å². The predicted octanol–water partition coefficient (Wildman–Crippen LogP) is 0.942. The molecule has 0 saturated carbocycles. The maximum absolute atomic E-state index is 11.6. The summed E-state index contributed by atoms with van der Waals surface area (Å²) in [4.78, 5) is 11.2. The topological polar surface area (TPSA) is 63.7 Å². The van der Waals surface area contributed by atoms with Gasteiger partial charge in [-0.2, -0.15) is 4.31 Å². The lowest BCUT2D eigenvalue weighted by molar-refractivity contribution is -0.143. The smallest absolute Gasteiger partial charge is 0.321 e. The Labute approximate surface area is 99.0 Å². The molecule has 0 atom stereocenters. The molecule has 0 saturated heterocycles. The van der Waals surface area contributed by atoms with E-state index in [1.165, 1.54) is 0 Å². The standard InChI is InChI=1S/C8H16BrNO4S/c1-4-14-8(11)5-10(7(2)3)15(12,13)6-9/h7H,4-6H2,1-3H3. The molecule has 5 nitrogen and oxygen atoms in total. The van der Waals surface area contributed by atoms with Gasteiger partial charge in [-0.3, -0.25) is 4.79 Å². The fourth-order valence-corrected chi connectivity index (χ4v) is 2.86. The number of ether oxygens (including phenoxy) is 1. The van der Waals surface area contributed by atoms with Gasteiger partial charge in [-0.05, 0) is 20.8 Å². The van der Waals surface area contributed by atoms with Crippen LogP contribution < -0.4 is 0 Å². The van der Waals surface area contributed by atoms with E-state index < -0.39 is 16.0 Å². The highest BCUT2D eigenvalue weighted by molar-refractivity contribution is 9.10. The molecule has 90 valence electrons. The largest absolute Gasteiger partial charge is 0.465 e. The summed E-state index contributed by atoms with van der Waals surface area (Å²) < 4.78 is 28.7. The first-order chi connectivity index (χ1) is 6.85. The quantitative estimate of drug-likeness (QED) is 0.541. The molecule has 15 heavy (non-hydrogen) atoms. The number of esters is 1. The lowest BCUT2D eigenvalue weighted by atomic mass is 10.4. The van der Waals surface area contributed by atoms with Crippen LogP contribution in [0, 0.1) is 0 Å². The Kier molecular flexibility index (Phi) is 6.38. The van der Waals surface area contributed by atoms with E-state index in [9.17, 15) is 13.2 Å². The molecule has 0 bridgehead atoms. The Bertz CT molecular complexity index is 302. The number of halogens is 1. The van der Waals surface area contributed by atoms with E-state index in [0.717, 1.165) is 4.31 Å². The second-order valence-corrected chi connectivity index (χ2v) is 6.39. The Balaban J connectivity index is 4.64. The molecule has 0 heterocycles. The number of hydrogen-bond acceptors (Lipinski definition) is 4. The van der Waals surface area contributed by atoms with Crippen LogP contribution in [0.3, 0.4) is 0 Å². The maximum Gasteiger partial charge on any atom is 0.321 e. The monoisotopic (exact) mass is 301 g/mol. The minimum absolute atomic E-state index is 0.197. The van der Waals surface area contributed by atoms with E-state index in [1.807, 2.05) is 0 Å². The van der Waals surface area contributed by atoms with Gasteiger partial charge in [0, 0.05) is 6.04 Å². The van der Waals surface area contributed by atoms with E-state index in [0.29, 0.717) is 0 Å². The SMILES string of the molecule is CCOC(=O)CN(C(C)C)S(=O)(=O)CBr. The average molecular weight is 302 g/mol. The average Bonchev–Trinajstić information content (AvgIpc) is 2.14. The number of carbonyl (C=O) groups excluding carboxylic acids is 1. The number of alkyl halides is 1. The lowest BCUT2D eigenvalue weighted by Crippen LogP contribution is -2.41. The Morgan fingerprint density at radius 1 is 1.47 bits per heavy atom. The Morgan fingerprint density at radius 3 is 2.33 bits per heavy atom. The number of carbonyl (C=O) groups is 1. The van der Waals surface area contributed by atoms with E-state index in [4.69, 9.17) is 4.74 Å². The molecule has 0 aromatic carbocycles.